The number of aromatic nitrogens is 2. The predicted octanol–water partition coefficient (Wildman–Crippen LogP) is 2.72. The number of hydrogen-bond donors (Lipinski definition) is 1. The maximum atomic E-state index is 5.82. The Morgan fingerprint density at radius 2 is 2.11 bits per heavy atom. The number of rotatable bonds is 4. The summed E-state index contributed by atoms with van der Waals surface area (Å²) in [5.74, 6) is 0.847. The number of nitrogens with one attached hydrogen (secondary N) is 1. The van der Waals surface area contributed by atoms with Crippen LogP contribution in [0.25, 0.3) is 0 Å². The third-order valence-electron chi connectivity index (χ3n) is 3.31. The molecule has 0 aromatic carbocycles. The third-order valence-corrected chi connectivity index (χ3v) is 3.49. The average Bonchev–Trinajstić information content (AvgIpc) is 2.35. The summed E-state index contributed by atoms with van der Waals surface area (Å²) in [5, 5.41) is 3.72. The van der Waals surface area contributed by atoms with Crippen LogP contribution in [0.1, 0.15) is 31.7 Å². The molecule has 5 heteroatoms. The van der Waals surface area contributed by atoms with Gasteiger partial charge in [0.05, 0.1) is 0 Å². The molecule has 1 aliphatic rings. The quantitative estimate of drug-likeness (QED) is 0.853. The zero-order valence-electron chi connectivity index (χ0n) is 11.1. The summed E-state index contributed by atoms with van der Waals surface area (Å²) in [7, 11) is 0. The molecule has 1 fully saturated rings. The second kappa shape index (κ2) is 6.34. The topological polar surface area (TPSA) is 41.1 Å². The second-order valence-corrected chi connectivity index (χ2v) is 5.42. The first-order valence-electron chi connectivity index (χ1n) is 6.63. The largest absolute Gasteiger partial charge is 0.366 e. The molecule has 0 bridgehead atoms. The molecule has 1 aromatic rings. The second-order valence-electron chi connectivity index (χ2n) is 5.08. The first-order valence-corrected chi connectivity index (χ1v) is 7.01. The standard InChI is InChI=1S/C13H21ClN4/c1-10-8-15-13(14)17-12(10)16-11(2)9-18-6-4-3-5-7-18/h8,11H,3-7,9H2,1-2H3,(H,15,16,17). The Balaban J connectivity index is 1.89. The van der Waals surface area contributed by atoms with Crippen molar-refractivity contribution in [2.75, 3.05) is 25.0 Å². The molecule has 0 saturated carbocycles. The Hall–Kier alpha value is -0.870. The Morgan fingerprint density at radius 1 is 1.39 bits per heavy atom. The van der Waals surface area contributed by atoms with Crippen molar-refractivity contribution in [1.29, 1.82) is 0 Å². The van der Waals surface area contributed by atoms with Crippen LogP contribution < -0.4 is 5.32 Å². The summed E-state index contributed by atoms with van der Waals surface area (Å²) >= 11 is 5.82. The molecule has 1 aromatic heterocycles. The van der Waals surface area contributed by atoms with Gasteiger partial charge in [-0.3, -0.25) is 0 Å². The molecule has 1 atom stereocenters. The molecule has 2 rings (SSSR count). The van der Waals surface area contributed by atoms with Crippen LogP contribution in [0.3, 0.4) is 0 Å². The summed E-state index contributed by atoms with van der Waals surface area (Å²) in [6, 6.07) is 0.368. The van der Waals surface area contributed by atoms with E-state index in [4.69, 9.17) is 11.6 Å². The van der Waals surface area contributed by atoms with Crippen molar-refractivity contribution in [3.05, 3.63) is 17.0 Å². The van der Waals surface area contributed by atoms with Crippen molar-refractivity contribution in [3.63, 3.8) is 0 Å². The molecule has 4 nitrogen and oxygen atoms in total. The highest BCUT2D eigenvalue weighted by Crippen LogP contribution is 2.15. The van der Waals surface area contributed by atoms with Gasteiger partial charge in [-0.1, -0.05) is 6.42 Å². The van der Waals surface area contributed by atoms with Crippen LogP contribution in [0.5, 0.6) is 0 Å². The smallest absolute Gasteiger partial charge is 0.224 e. The molecule has 0 aliphatic carbocycles. The fourth-order valence-corrected chi connectivity index (χ4v) is 2.51. The van der Waals surface area contributed by atoms with Gasteiger partial charge < -0.3 is 10.2 Å². The molecular formula is C13H21ClN4. The van der Waals surface area contributed by atoms with E-state index in [1.165, 1.54) is 32.4 Å². The van der Waals surface area contributed by atoms with Gasteiger partial charge in [-0.2, -0.15) is 0 Å². The van der Waals surface area contributed by atoms with Crippen LogP contribution in [-0.2, 0) is 0 Å². The SMILES string of the molecule is Cc1cnc(Cl)nc1NC(C)CN1CCCCC1. The normalized spacial score (nSPS) is 18.6. The van der Waals surface area contributed by atoms with E-state index < -0.39 is 0 Å². The number of piperidine rings is 1. The van der Waals surface area contributed by atoms with Gasteiger partial charge in [-0.25, -0.2) is 9.97 Å². The van der Waals surface area contributed by atoms with Gasteiger partial charge in [0.15, 0.2) is 0 Å². The molecule has 1 unspecified atom stereocenters. The van der Waals surface area contributed by atoms with Crippen LogP contribution >= 0.6 is 11.6 Å². The van der Waals surface area contributed by atoms with Gasteiger partial charge >= 0.3 is 0 Å². The fourth-order valence-electron chi connectivity index (χ4n) is 2.37. The average molecular weight is 269 g/mol. The molecule has 0 spiro atoms. The van der Waals surface area contributed by atoms with Gasteiger partial charge in [0.2, 0.25) is 5.28 Å². The minimum atomic E-state index is 0.299. The molecule has 18 heavy (non-hydrogen) atoms. The molecule has 1 aliphatic heterocycles. The lowest BCUT2D eigenvalue weighted by atomic mass is 10.1. The zero-order valence-corrected chi connectivity index (χ0v) is 11.9. The summed E-state index contributed by atoms with van der Waals surface area (Å²) in [6.07, 6.45) is 5.78. The van der Waals surface area contributed by atoms with Crippen LogP contribution in [0.4, 0.5) is 5.82 Å². The monoisotopic (exact) mass is 268 g/mol. The summed E-state index contributed by atoms with van der Waals surface area (Å²) in [6.45, 7) is 7.67. The molecular weight excluding hydrogens is 248 g/mol. The number of halogens is 1. The summed E-state index contributed by atoms with van der Waals surface area (Å²) < 4.78 is 0. The first kappa shape index (κ1) is 13.6. The van der Waals surface area contributed by atoms with E-state index in [-0.39, 0.29) is 0 Å². The van der Waals surface area contributed by atoms with Gasteiger partial charge in [0.25, 0.3) is 0 Å². The van der Waals surface area contributed by atoms with Crippen molar-refractivity contribution in [2.24, 2.45) is 0 Å². The van der Waals surface area contributed by atoms with Crippen molar-refractivity contribution >= 4 is 17.4 Å². The number of anilines is 1. The lowest BCUT2D eigenvalue weighted by Crippen LogP contribution is -2.38. The van der Waals surface area contributed by atoms with E-state index in [0.29, 0.717) is 11.3 Å². The number of hydrogen-bond acceptors (Lipinski definition) is 4. The molecule has 0 radical (unpaired) electrons. The van der Waals surface area contributed by atoms with Crippen molar-refractivity contribution in [1.82, 2.24) is 14.9 Å². The molecule has 0 amide bonds. The molecule has 2 heterocycles. The van der Waals surface area contributed by atoms with E-state index in [1.807, 2.05) is 6.92 Å². The molecule has 1 saturated heterocycles. The number of nitrogens with zero attached hydrogens (tertiary/aromatic N) is 3. The predicted molar refractivity (Wildman–Crippen MR) is 75.2 cm³/mol. The lowest BCUT2D eigenvalue weighted by molar-refractivity contribution is 0.223. The van der Waals surface area contributed by atoms with E-state index in [9.17, 15) is 0 Å². The fraction of sp³-hybridized carbons (Fsp3) is 0.692. The van der Waals surface area contributed by atoms with Crippen molar-refractivity contribution in [2.45, 2.75) is 39.2 Å². The van der Waals surface area contributed by atoms with Crippen LogP contribution in [0, 0.1) is 6.92 Å². The van der Waals surface area contributed by atoms with Gasteiger partial charge in [-0.15, -0.1) is 0 Å². The van der Waals surface area contributed by atoms with E-state index >= 15 is 0 Å². The van der Waals surface area contributed by atoms with Crippen LogP contribution in [0.15, 0.2) is 6.20 Å². The maximum Gasteiger partial charge on any atom is 0.224 e. The van der Waals surface area contributed by atoms with E-state index in [0.717, 1.165) is 17.9 Å². The lowest BCUT2D eigenvalue weighted by Gasteiger charge is -2.29. The van der Waals surface area contributed by atoms with Crippen LogP contribution in [0.2, 0.25) is 5.28 Å². The minimum Gasteiger partial charge on any atom is -0.366 e. The highest BCUT2D eigenvalue weighted by atomic mass is 35.5. The maximum absolute atomic E-state index is 5.82. The van der Waals surface area contributed by atoms with Crippen molar-refractivity contribution in [3.8, 4) is 0 Å². The van der Waals surface area contributed by atoms with Gasteiger partial charge in [0.1, 0.15) is 5.82 Å². The van der Waals surface area contributed by atoms with Crippen LogP contribution in [-0.4, -0.2) is 40.5 Å². The van der Waals surface area contributed by atoms with Gasteiger partial charge in [-0.05, 0) is 51.4 Å². The Morgan fingerprint density at radius 3 is 2.83 bits per heavy atom. The Bertz CT molecular complexity index is 391. The molecule has 100 valence electrons. The van der Waals surface area contributed by atoms with Crippen molar-refractivity contribution < 1.29 is 0 Å². The Kier molecular flexibility index (Phi) is 4.78. The minimum absolute atomic E-state index is 0.299. The number of likely N-dealkylation sites (tertiary alicyclic amines) is 1. The van der Waals surface area contributed by atoms with Gasteiger partial charge in [0, 0.05) is 24.3 Å². The highest BCUT2D eigenvalue weighted by Gasteiger charge is 2.14. The summed E-state index contributed by atoms with van der Waals surface area (Å²) in [5.41, 5.74) is 1.03. The van der Waals surface area contributed by atoms with E-state index in [2.05, 4.69) is 27.1 Å². The molecule has 1 N–H and O–H groups in total. The summed E-state index contributed by atoms with van der Waals surface area (Å²) in [4.78, 5) is 10.7. The third kappa shape index (κ3) is 3.82. The zero-order chi connectivity index (χ0) is 13.0. The highest BCUT2D eigenvalue weighted by molar-refractivity contribution is 6.28. The van der Waals surface area contributed by atoms with E-state index in [1.54, 1.807) is 6.20 Å². The Labute approximate surface area is 114 Å². The first-order chi connectivity index (χ1) is 8.65. The number of aryl methyl sites for hydroxylation is 1.